The van der Waals surface area contributed by atoms with Gasteiger partial charge in [-0.15, -0.1) is 0 Å². The Morgan fingerprint density at radius 1 is 1.35 bits per heavy atom. The maximum Gasteiger partial charge on any atom is 0.235 e. The molecule has 1 aliphatic rings. The summed E-state index contributed by atoms with van der Waals surface area (Å²) < 4.78 is 18.2. The van der Waals surface area contributed by atoms with Crippen molar-refractivity contribution in [2.75, 3.05) is 38.8 Å². The van der Waals surface area contributed by atoms with Gasteiger partial charge >= 0.3 is 0 Å². The molecule has 1 fully saturated rings. The zero-order valence-corrected chi connectivity index (χ0v) is 12.0. The van der Waals surface area contributed by atoms with E-state index in [4.69, 9.17) is 4.74 Å². The third-order valence-corrected chi connectivity index (χ3v) is 3.95. The number of benzene rings is 1. The van der Waals surface area contributed by atoms with Crippen LogP contribution in [0.2, 0.25) is 0 Å². The highest BCUT2D eigenvalue weighted by Gasteiger charge is 2.41. The number of carbonyl (C=O) groups excluding carboxylic acids is 1. The van der Waals surface area contributed by atoms with Crippen LogP contribution in [0.5, 0.6) is 0 Å². The van der Waals surface area contributed by atoms with Gasteiger partial charge in [-0.1, -0.05) is 0 Å². The average Bonchev–Trinajstić information content (AvgIpc) is 2.48. The number of hydrogen-bond donors (Lipinski definition) is 1. The maximum absolute atomic E-state index is 13.0. The van der Waals surface area contributed by atoms with Crippen molar-refractivity contribution >= 4 is 11.6 Å². The molecule has 0 aromatic heterocycles. The van der Waals surface area contributed by atoms with Crippen molar-refractivity contribution in [3.63, 3.8) is 0 Å². The number of methoxy groups -OCH3 is 1. The fourth-order valence-corrected chi connectivity index (χ4v) is 2.74. The molecule has 1 heterocycles. The third kappa shape index (κ3) is 2.99. The predicted octanol–water partition coefficient (Wildman–Crippen LogP) is 1.80. The first kappa shape index (κ1) is 14.9. The molecular weight excluding hydrogens is 259 g/mol. The summed E-state index contributed by atoms with van der Waals surface area (Å²) >= 11 is 0. The Labute approximate surface area is 118 Å². The van der Waals surface area contributed by atoms with E-state index in [1.165, 1.54) is 12.1 Å². The lowest BCUT2D eigenvalue weighted by atomic mass is 9.78. The van der Waals surface area contributed by atoms with Crippen molar-refractivity contribution in [2.45, 2.75) is 12.8 Å². The molecular formula is C15H21FN2O2. The van der Waals surface area contributed by atoms with Gasteiger partial charge in [-0.2, -0.15) is 0 Å². The van der Waals surface area contributed by atoms with E-state index in [1.54, 1.807) is 31.2 Å². The molecule has 1 amide bonds. The summed E-state index contributed by atoms with van der Waals surface area (Å²) in [5.41, 5.74) is 0.216. The Morgan fingerprint density at radius 2 is 1.95 bits per heavy atom. The van der Waals surface area contributed by atoms with Gasteiger partial charge in [-0.25, -0.2) is 4.39 Å². The molecule has 4 nitrogen and oxygen atoms in total. The number of carbonyl (C=O) groups is 1. The smallest absolute Gasteiger partial charge is 0.235 e. The molecule has 1 saturated heterocycles. The van der Waals surface area contributed by atoms with E-state index < -0.39 is 5.41 Å². The van der Waals surface area contributed by atoms with Crippen molar-refractivity contribution in [3.8, 4) is 0 Å². The lowest BCUT2D eigenvalue weighted by molar-refractivity contribution is -0.133. The SMILES string of the molecule is COCC1(C(=O)N(C)c2ccc(F)cc2)CCNCC1. The summed E-state index contributed by atoms with van der Waals surface area (Å²) in [5.74, 6) is -0.268. The van der Waals surface area contributed by atoms with Crippen molar-refractivity contribution in [1.29, 1.82) is 0 Å². The summed E-state index contributed by atoms with van der Waals surface area (Å²) in [6, 6.07) is 5.97. The Hall–Kier alpha value is -1.46. The van der Waals surface area contributed by atoms with Crippen molar-refractivity contribution in [2.24, 2.45) is 5.41 Å². The van der Waals surface area contributed by atoms with Crippen LogP contribution in [0.15, 0.2) is 24.3 Å². The minimum atomic E-state index is -0.483. The molecule has 5 heteroatoms. The van der Waals surface area contributed by atoms with Crippen LogP contribution >= 0.6 is 0 Å². The van der Waals surface area contributed by atoms with E-state index >= 15 is 0 Å². The number of nitrogens with one attached hydrogen (secondary N) is 1. The standard InChI is InChI=1S/C15H21FN2O2/c1-18(13-5-3-12(16)4-6-13)14(19)15(11-20-2)7-9-17-10-8-15/h3-6,17H,7-11H2,1-2H3. The normalized spacial score (nSPS) is 17.8. The molecule has 1 aliphatic heterocycles. The van der Waals surface area contributed by atoms with Gasteiger partial charge in [-0.05, 0) is 50.2 Å². The number of anilines is 1. The molecule has 0 atom stereocenters. The Bertz CT molecular complexity index is 450. The second-order valence-corrected chi connectivity index (χ2v) is 5.30. The lowest BCUT2D eigenvalue weighted by Crippen LogP contribution is -2.50. The first-order chi connectivity index (χ1) is 9.59. The van der Waals surface area contributed by atoms with Gasteiger partial charge in [0.05, 0.1) is 12.0 Å². The van der Waals surface area contributed by atoms with Gasteiger partial charge in [0.2, 0.25) is 5.91 Å². The fraction of sp³-hybridized carbons (Fsp3) is 0.533. The maximum atomic E-state index is 13.0. The number of amides is 1. The van der Waals surface area contributed by atoms with Gasteiger partial charge < -0.3 is 15.0 Å². The van der Waals surface area contributed by atoms with Crippen LogP contribution in [0.25, 0.3) is 0 Å². The van der Waals surface area contributed by atoms with Crippen LogP contribution in [0, 0.1) is 11.2 Å². The Kier molecular flexibility index (Phi) is 4.73. The molecule has 0 saturated carbocycles. The van der Waals surface area contributed by atoms with E-state index in [9.17, 15) is 9.18 Å². The topological polar surface area (TPSA) is 41.6 Å². The molecule has 0 bridgehead atoms. The molecule has 0 unspecified atom stereocenters. The van der Waals surface area contributed by atoms with E-state index in [0.717, 1.165) is 25.9 Å². The zero-order chi connectivity index (χ0) is 14.6. The largest absolute Gasteiger partial charge is 0.384 e. The van der Waals surface area contributed by atoms with Crippen LogP contribution in [0.3, 0.4) is 0 Å². The minimum Gasteiger partial charge on any atom is -0.384 e. The van der Waals surface area contributed by atoms with Gasteiger partial charge in [-0.3, -0.25) is 4.79 Å². The average molecular weight is 280 g/mol. The highest BCUT2D eigenvalue weighted by atomic mass is 19.1. The van der Waals surface area contributed by atoms with Crippen LogP contribution in [-0.2, 0) is 9.53 Å². The van der Waals surface area contributed by atoms with Gasteiger partial charge in [0.15, 0.2) is 0 Å². The molecule has 0 spiro atoms. The Morgan fingerprint density at radius 3 is 2.50 bits per heavy atom. The summed E-state index contributed by atoms with van der Waals surface area (Å²) in [6.07, 6.45) is 1.51. The number of ether oxygens (including phenoxy) is 1. The first-order valence-corrected chi connectivity index (χ1v) is 6.82. The van der Waals surface area contributed by atoms with E-state index in [0.29, 0.717) is 12.3 Å². The zero-order valence-electron chi connectivity index (χ0n) is 12.0. The molecule has 0 aliphatic carbocycles. The van der Waals surface area contributed by atoms with Crippen LogP contribution in [0.4, 0.5) is 10.1 Å². The molecule has 110 valence electrons. The second kappa shape index (κ2) is 6.33. The predicted molar refractivity (Wildman–Crippen MR) is 76.2 cm³/mol. The Balaban J connectivity index is 2.20. The summed E-state index contributed by atoms with van der Waals surface area (Å²) in [6.45, 7) is 2.04. The van der Waals surface area contributed by atoms with Crippen LogP contribution in [-0.4, -0.2) is 39.8 Å². The number of halogens is 1. The second-order valence-electron chi connectivity index (χ2n) is 5.30. The molecule has 0 radical (unpaired) electrons. The first-order valence-electron chi connectivity index (χ1n) is 6.82. The van der Waals surface area contributed by atoms with Crippen molar-refractivity contribution in [1.82, 2.24) is 5.32 Å². The molecule has 1 aromatic carbocycles. The molecule has 20 heavy (non-hydrogen) atoms. The summed E-state index contributed by atoms with van der Waals surface area (Å²) in [4.78, 5) is 14.4. The van der Waals surface area contributed by atoms with E-state index in [-0.39, 0.29) is 11.7 Å². The highest BCUT2D eigenvalue weighted by Crippen LogP contribution is 2.32. The molecule has 2 rings (SSSR count). The number of nitrogens with zero attached hydrogens (tertiary/aromatic N) is 1. The van der Waals surface area contributed by atoms with Crippen LogP contribution < -0.4 is 10.2 Å². The fourth-order valence-electron chi connectivity index (χ4n) is 2.74. The summed E-state index contributed by atoms with van der Waals surface area (Å²) in [5, 5.41) is 3.26. The summed E-state index contributed by atoms with van der Waals surface area (Å²) in [7, 11) is 3.35. The van der Waals surface area contributed by atoms with E-state index in [2.05, 4.69) is 5.32 Å². The molecule has 1 aromatic rings. The van der Waals surface area contributed by atoms with Gasteiger partial charge in [0.1, 0.15) is 5.82 Å². The minimum absolute atomic E-state index is 0.0347. The van der Waals surface area contributed by atoms with Crippen molar-refractivity contribution in [3.05, 3.63) is 30.1 Å². The molecule has 1 N–H and O–H groups in total. The number of rotatable bonds is 4. The number of piperidine rings is 1. The van der Waals surface area contributed by atoms with Crippen LogP contribution in [0.1, 0.15) is 12.8 Å². The highest BCUT2D eigenvalue weighted by molar-refractivity contribution is 5.97. The quantitative estimate of drug-likeness (QED) is 0.914. The van der Waals surface area contributed by atoms with Gasteiger partial charge in [0, 0.05) is 19.8 Å². The third-order valence-electron chi connectivity index (χ3n) is 3.95. The van der Waals surface area contributed by atoms with Crippen molar-refractivity contribution < 1.29 is 13.9 Å². The monoisotopic (exact) mass is 280 g/mol. The van der Waals surface area contributed by atoms with Gasteiger partial charge in [0.25, 0.3) is 0 Å². The number of hydrogen-bond acceptors (Lipinski definition) is 3. The lowest BCUT2D eigenvalue weighted by Gasteiger charge is -2.38. The van der Waals surface area contributed by atoms with E-state index in [1.807, 2.05) is 0 Å².